The molecule has 2 aromatic carbocycles. The maximum absolute atomic E-state index is 3.41. The summed E-state index contributed by atoms with van der Waals surface area (Å²) >= 11 is 0. The Morgan fingerprint density at radius 2 is 0.955 bits per heavy atom. The molecule has 22 heavy (non-hydrogen) atoms. The first-order valence-corrected chi connectivity index (χ1v) is 8.32. The second-order valence-corrected chi connectivity index (χ2v) is 5.92. The van der Waals surface area contributed by atoms with Gasteiger partial charge >= 0.3 is 0 Å². The molecule has 2 atom stereocenters. The molecule has 0 aromatic heterocycles. The number of hydrogen-bond donors (Lipinski definition) is 2. The van der Waals surface area contributed by atoms with E-state index in [1.165, 1.54) is 22.3 Å². The van der Waals surface area contributed by atoms with E-state index in [0.29, 0.717) is 0 Å². The highest BCUT2D eigenvalue weighted by molar-refractivity contribution is 5.26. The minimum absolute atomic E-state index is 0.281. The zero-order valence-electron chi connectivity index (χ0n) is 14.2. The third-order valence-electron chi connectivity index (χ3n) is 4.29. The van der Waals surface area contributed by atoms with Crippen LogP contribution in [0.15, 0.2) is 48.5 Å². The molecule has 0 aliphatic rings. The Bertz CT molecular complexity index is 504. The van der Waals surface area contributed by atoms with Crippen molar-refractivity contribution in [1.82, 2.24) is 10.9 Å². The zero-order chi connectivity index (χ0) is 15.9. The fourth-order valence-electron chi connectivity index (χ4n) is 2.50. The first-order valence-electron chi connectivity index (χ1n) is 8.32. The Hall–Kier alpha value is -1.64. The predicted molar refractivity (Wildman–Crippen MR) is 94.7 cm³/mol. The molecule has 2 rings (SSSR count). The largest absolute Gasteiger partial charge is 0.250 e. The molecule has 2 unspecified atom stereocenters. The number of hydrazine groups is 1. The second-order valence-electron chi connectivity index (χ2n) is 5.92. The monoisotopic (exact) mass is 296 g/mol. The summed E-state index contributed by atoms with van der Waals surface area (Å²) in [4.78, 5) is 0. The molecule has 0 aliphatic carbocycles. The highest BCUT2D eigenvalue weighted by Gasteiger charge is 2.08. The van der Waals surface area contributed by atoms with Crippen LogP contribution in [0, 0.1) is 0 Å². The minimum Gasteiger partial charge on any atom is -0.250 e. The number of aryl methyl sites for hydroxylation is 2. The van der Waals surface area contributed by atoms with Gasteiger partial charge in [0, 0.05) is 12.1 Å². The van der Waals surface area contributed by atoms with Crippen LogP contribution >= 0.6 is 0 Å². The van der Waals surface area contributed by atoms with Crippen molar-refractivity contribution in [3.63, 3.8) is 0 Å². The molecule has 2 heteroatoms. The van der Waals surface area contributed by atoms with E-state index in [1.807, 2.05) is 0 Å². The van der Waals surface area contributed by atoms with E-state index in [-0.39, 0.29) is 12.1 Å². The number of benzene rings is 2. The number of nitrogens with one attached hydrogen (secondary N) is 2. The van der Waals surface area contributed by atoms with Gasteiger partial charge in [-0.1, -0.05) is 62.4 Å². The van der Waals surface area contributed by atoms with Crippen LogP contribution in [-0.4, -0.2) is 0 Å². The molecule has 118 valence electrons. The summed E-state index contributed by atoms with van der Waals surface area (Å²) in [6.45, 7) is 8.73. The number of hydrogen-bond acceptors (Lipinski definition) is 2. The lowest BCUT2D eigenvalue weighted by Crippen LogP contribution is -2.36. The topological polar surface area (TPSA) is 24.1 Å². The summed E-state index contributed by atoms with van der Waals surface area (Å²) in [5.74, 6) is 0. The SMILES string of the molecule is CCc1ccc(C(C)NNC(C)c2ccc(CC)cc2)cc1. The average molecular weight is 296 g/mol. The van der Waals surface area contributed by atoms with E-state index < -0.39 is 0 Å². The molecule has 0 heterocycles. The van der Waals surface area contributed by atoms with Crippen molar-refractivity contribution < 1.29 is 0 Å². The van der Waals surface area contributed by atoms with Crippen molar-refractivity contribution in [2.24, 2.45) is 0 Å². The second kappa shape index (κ2) is 8.11. The summed E-state index contributed by atoms with van der Waals surface area (Å²) in [6.07, 6.45) is 2.18. The molecule has 0 amide bonds. The number of rotatable bonds is 7. The van der Waals surface area contributed by atoms with E-state index in [4.69, 9.17) is 0 Å². The summed E-state index contributed by atoms with van der Waals surface area (Å²) in [5, 5.41) is 0. The third kappa shape index (κ3) is 4.43. The summed E-state index contributed by atoms with van der Waals surface area (Å²) < 4.78 is 0. The fourth-order valence-corrected chi connectivity index (χ4v) is 2.50. The maximum atomic E-state index is 3.41. The summed E-state index contributed by atoms with van der Waals surface area (Å²) in [5.41, 5.74) is 12.2. The van der Waals surface area contributed by atoms with Gasteiger partial charge in [-0.3, -0.25) is 10.9 Å². The lowest BCUT2D eigenvalue weighted by molar-refractivity contribution is 0.411. The van der Waals surface area contributed by atoms with Crippen LogP contribution in [0.25, 0.3) is 0 Å². The Labute approximate surface area is 134 Å². The highest BCUT2D eigenvalue weighted by Crippen LogP contribution is 2.16. The molecule has 2 N–H and O–H groups in total. The van der Waals surface area contributed by atoms with Gasteiger partial charge in [0.25, 0.3) is 0 Å². The molecular formula is C20H28N2. The van der Waals surface area contributed by atoms with E-state index in [1.54, 1.807) is 0 Å². The van der Waals surface area contributed by atoms with Crippen molar-refractivity contribution in [1.29, 1.82) is 0 Å². The Balaban J connectivity index is 1.89. The van der Waals surface area contributed by atoms with Crippen LogP contribution in [0.1, 0.15) is 62.0 Å². The van der Waals surface area contributed by atoms with Crippen molar-refractivity contribution >= 4 is 0 Å². The molecule has 0 spiro atoms. The lowest BCUT2D eigenvalue weighted by atomic mass is 10.0. The van der Waals surface area contributed by atoms with Crippen LogP contribution < -0.4 is 10.9 Å². The van der Waals surface area contributed by atoms with Crippen LogP contribution in [0.2, 0.25) is 0 Å². The van der Waals surface area contributed by atoms with Crippen molar-refractivity contribution in [2.45, 2.75) is 52.6 Å². The Kier molecular flexibility index (Phi) is 6.17. The molecule has 2 nitrogen and oxygen atoms in total. The smallest absolute Gasteiger partial charge is 0.0434 e. The molecule has 0 bridgehead atoms. The summed E-state index contributed by atoms with van der Waals surface area (Å²) in [7, 11) is 0. The molecule has 0 saturated carbocycles. The molecule has 0 saturated heterocycles. The van der Waals surface area contributed by atoms with Gasteiger partial charge in [-0.25, -0.2) is 0 Å². The quantitative estimate of drug-likeness (QED) is 0.722. The van der Waals surface area contributed by atoms with Gasteiger partial charge in [0.05, 0.1) is 0 Å². The minimum atomic E-state index is 0.281. The first kappa shape index (κ1) is 16.7. The Morgan fingerprint density at radius 3 is 1.23 bits per heavy atom. The fraction of sp³-hybridized carbons (Fsp3) is 0.400. The van der Waals surface area contributed by atoms with Gasteiger partial charge in [0.2, 0.25) is 0 Å². The standard InChI is InChI=1S/C20H28N2/c1-5-17-7-11-19(12-8-17)15(3)21-22-16(4)20-13-9-18(6-2)10-14-20/h7-16,21-22H,5-6H2,1-4H3. The third-order valence-corrected chi connectivity index (χ3v) is 4.29. The van der Waals surface area contributed by atoms with E-state index in [2.05, 4.69) is 87.1 Å². The van der Waals surface area contributed by atoms with E-state index in [9.17, 15) is 0 Å². The normalized spacial score (nSPS) is 13.8. The molecular weight excluding hydrogens is 268 g/mol. The van der Waals surface area contributed by atoms with Crippen LogP contribution in [0.4, 0.5) is 0 Å². The van der Waals surface area contributed by atoms with Gasteiger partial charge in [-0.2, -0.15) is 0 Å². The van der Waals surface area contributed by atoms with E-state index in [0.717, 1.165) is 12.8 Å². The average Bonchev–Trinajstić information content (AvgIpc) is 2.59. The highest BCUT2D eigenvalue weighted by atomic mass is 15.4. The Morgan fingerprint density at radius 1 is 0.636 bits per heavy atom. The lowest BCUT2D eigenvalue weighted by Gasteiger charge is -2.20. The first-order chi connectivity index (χ1) is 10.6. The zero-order valence-corrected chi connectivity index (χ0v) is 14.2. The van der Waals surface area contributed by atoms with Gasteiger partial charge in [0.15, 0.2) is 0 Å². The van der Waals surface area contributed by atoms with Crippen LogP contribution in [0.3, 0.4) is 0 Å². The van der Waals surface area contributed by atoms with Gasteiger partial charge < -0.3 is 0 Å². The molecule has 0 aliphatic heterocycles. The predicted octanol–water partition coefficient (Wildman–Crippen LogP) is 4.73. The van der Waals surface area contributed by atoms with Gasteiger partial charge in [0.1, 0.15) is 0 Å². The van der Waals surface area contributed by atoms with Crippen LogP contribution in [0.5, 0.6) is 0 Å². The van der Waals surface area contributed by atoms with Gasteiger partial charge in [-0.05, 0) is 48.9 Å². The van der Waals surface area contributed by atoms with Crippen molar-refractivity contribution in [2.75, 3.05) is 0 Å². The maximum Gasteiger partial charge on any atom is 0.0434 e. The van der Waals surface area contributed by atoms with Gasteiger partial charge in [-0.15, -0.1) is 0 Å². The molecule has 0 radical (unpaired) electrons. The van der Waals surface area contributed by atoms with Crippen molar-refractivity contribution in [3.05, 3.63) is 70.8 Å². The summed E-state index contributed by atoms with van der Waals surface area (Å²) in [6, 6.07) is 18.2. The van der Waals surface area contributed by atoms with E-state index >= 15 is 0 Å². The van der Waals surface area contributed by atoms with Crippen LogP contribution in [-0.2, 0) is 12.8 Å². The van der Waals surface area contributed by atoms with Crippen molar-refractivity contribution in [3.8, 4) is 0 Å². The molecule has 0 fully saturated rings. The molecule has 2 aromatic rings.